The maximum atomic E-state index is 13.5. The van der Waals surface area contributed by atoms with Crippen molar-refractivity contribution in [3.8, 4) is 23.0 Å². The monoisotopic (exact) mass is 531 g/mol. The molecule has 8 nitrogen and oxygen atoms in total. The second-order valence-electron chi connectivity index (χ2n) is 9.36. The molecule has 39 heavy (non-hydrogen) atoms. The van der Waals surface area contributed by atoms with Gasteiger partial charge in [-0.25, -0.2) is 0 Å². The largest absolute Gasteiger partial charge is 0.507 e. The van der Waals surface area contributed by atoms with E-state index in [2.05, 4.69) is 0 Å². The summed E-state index contributed by atoms with van der Waals surface area (Å²) < 4.78 is 22.3. The van der Waals surface area contributed by atoms with E-state index in [-0.39, 0.29) is 17.4 Å². The number of aliphatic hydroxyl groups excluding tert-OH is 1. The van der Waals surface area contributed by atoms with Crippen LogP contribution in [0.1, 0.15) is 43.5 Å². The Hall–Kier alpha value is -4.46. The van der Waals surface area contributed by atoms with Gasteiger partial charge in [-0.3, -0.25) is 14.5 Å². The van der Waals surface area contributed by atoms with E-state index < -0.39 is 17.7 Å². The highest BCUT2D eigenvalue weighted by Crippen LogP contribution is 2.44. The summed E-state index contributed by atoms with van der Waals surface area (Å²) in [7, 11) is 3.09. The number of aryl methyl sites for hydroxylation is 1. The second-order valence-corrected chi connectivity index (χ2v) is 9.36. The Balaban J connectivity index is 1.92. The molecule has 0 radical (unpaired) electrons. The number of Topliss-reactive ketones (excluding diaryl/α,β-unsaturated/α-hetero) is 1. The predicted octanol–water partition coefficient (Wildman–Crippen LogP) is 5.82. The number of ether oxygens (including phenoxy) is 4. The number of carbonyl (C=O) groups is 2. The zero-order valence-corrected chi connectivity index (χ0v) is 23.0. The van der Waals surface area contributed by atoms with Gasteiger partial charge in [0, 0.05) is 11.3 Å². The minimum Gasteiger partial charge on any atom is -0.507 e. The van der Waals surface area contributed by atoms with E-state index in [0.29, 0.717) is 46.4 Å². The van der Waals surface area contributed by atoms with Crippen LogP contribution in [-0.4, -0.2) is 43.7 Å². The lowest BCUT2D eigenvalue weighted by Crippen LogP contribution is -2.29. The van der Waals surface area contributed by atoms with Crippen LogP contribution in [0.15, 0.2) is 66.2 Å². The van der Waals surface area contributed by atoms with Gasteiger partial charge in [-0.1, -0.05) is 6.07 Å². The fourth-order valence-corrected chi connectivity index (χ4v) is 4.63. The van der Waals surface area contributed by atoms with Crippen LogP contribution < -0.4 is 23.8 Å². The zero-order valence-electron chi connectivity index (χ0n) is 23.0. The molecule has 0 aromatic heterocycles. The minimum atomic E-state index is -0.921. The molecule has 1 amide bonds. The topological polar surface area (TPSA) is 94.5 Å². The molecule has 1 aliphatic rings. The molecule has 1 aliphatic heterocycles. The van der Waals surface area contributed by atoms with Crippen LogP contribution in [0.25, 0.3) is 5.76 Å². The van der Waals surface area contributed by atoms with Crippen LogP contribution in [0.5, 0.6) is 23.0 Å². The van der Waals surface area contributed by atoms with Crippen molar-refractivity contribution in [2.45, 2.75) is 39.8 Å². The highest BCUT2D eigenvalue weighted by Gasteiger charge is 2.47. The average molecular weight is 532 g/mol. The molecule has 1 heterocycles. The smallest absolute Gasteiger partial charge is 0.300 e. The third-order valence-electron chi connectivity index (χ3n) is 6.41. The number of carbonyl (C=O) groups excluding carboxylic acids is 2. The minimum absolute atomic E-state index is 0.0208. The summed E-state index contributed by atoms with van der Waals surface area (Å²) in [6, 6.07) is 16.3. The molecular formula is C31H33NO7. The molecule has 1 N–H and O–H groups in total. The highest BCUT2D eigenvalue weighted by molar-refractivity contribution is 6.51. The lowest BCUT2D eigenvalue weighted by molar-refractivity contribution is -0.132. The predicted molar refractivity (Wildman–Crippen MR) is 149 cm³/mol. The maximum Gasteiger partial charge on any atom is 0.300 e. The van der Waals surface area contributed by atoms with Crippen molar-refractivity contribution in [3.63, 3.8) is 0 Å². The van der Waals surface area contributed by atoms with E-state index >= 15 is 0 Å². The molecule has 0 bridgehead atoms. The third kappa shape index (κ3) is 5.41. The van der Waals surface area contributed by atoms with Crippen molar-refractivity contribution < 1.29 is 33.6 Å². The highest BCUT2D eigenvalue weighted by atomic mass is 16.5. The van der Waals surface area contributed by atoms with Crippen LogP contribution in [0.3, 0.4) is 0 Å². The first-order chi connectivity index (χ1) is 18.7. The summed E-state index contributed by atoms with van der Waals surface area (Å²) in [6.07, 6.45) is -0.0208. The quantitative estimate of drug-likeness (QED) is 0.211. The number of anilines is 1. The fraction of sp³-hybridized carbons (Fsp3) is 0.290. The van der Waals surface area contributed by atoms with E-state index in [0.717, 1.165) is 5.56 Å². The number of hydrogen-bond donors (Lipinski definition) is 1. The van der Waals surface area contributed by atoms with Gasteiger partial charge in [0.15, 0.2) is 11.5 Å². The van der Waals surface area contributed by atoms with Gasteiger partial charge >= 0.3 is 0 Å². The molecule has 0 saturated carbocycles. The van der Waals surface area contributed by atoms with Crippen molar-refractivity contribution in [2.75, 3.05) is 25.7 Å². The van der Waals surface area contributed by atoms with E-state index in [1.54, 1.807) is 67.8 Å². The third-order valence-corrected chi connectivity index (χ3v) is 6.41. The lowest BCUT2D eigenvalue weighted by Gasteiger charge is -2.26. The molecular weight excluding hydrogens is 498 g/mol. The molecule has 3 aromatic carbocycles. The Labute approximate surface area is 228 Å². The maximum absolute atomic E-state index is 13.5. The van der Waals surface area contributed by atoms with Crippen LogP contribution in [0.4, 0.5) is 5.69 Å². The second kappa shape index (κ2) is 11.5. The molecule has 3 aromatic rings. The Bertz CT molecular complexity index is 1410. The van der Waals surface area contributed by atoms with Crippen LogP contribution in [0.2, 0.25) is 0 Å². The van der Waals surface area contributed by atoms with Gasteiger partial charge in [0.2, 0.25) is 0 Å². The SMILES string of the molecule is CCOc1cc(C2/C(=C(/O)c3ccc(OC(C)C)c(C)c3)C(=O)C(=O)N2c2ccc(OC)cc2)ccc1OC. The summed E-state index contributed by atoms with van der Waals surface area (Å²) in [4.78, 5) is 28.4. The molecule has 0 aliphatic carbocycles. The number of methoxy groups -OCH3 is 2. The van der Waals surface area contributed by atoms with Crippen molar-refractivity contribution in [2.24, 2.45) is 0 Å². The lowest BCUT2D eigenvalue weighted by atomic mass is 9.94. The number of rotatable bonds is 9. The van der Waals surface area contributed by atoms with Gasteiger partial charge in [0.05, 0.1) is 38.5 Å². The number of nitrogens with zero attached hydrogens (tertiary/aromatic N) is 1. The van der Waals surface area contributed by atoms with Crippen molar-refractivity contribution in [1.82, 2.24) is 0 Å². The molecule has 4 rings (SSSR count). The first-order valence-electron chi connectivity index (χ1n) is 12.7. The van der Waals surface area contributed by atoms with E-state index in [1.807, 2.05) is 27.7 Å². The molecule has 204 valence electrons. The molecule has 0 spiro atoms. The Morgan fingerprint density at radius 3 is 2.21 bits per heavy atom. The van der Waals surface area contributed by atoms with E-state index in [4.69, 9.17) is 18.9 Å². The van der Waals surface area contributed by atoms with Gasteiger partial charge in [-0.2, -0.15) is 0 Å². The number of aliphatic hydroxyl groups is 1. The molecule has 1 saturated heterocycles. The number of hydrogen-bond acceptors (Lipinski definition) is 7. The molecule has 1 atom stereocenters. The summed E-state index contributed by atoms with van der Waals surface area (Å²) in [5.41, 5.74) is 2.22. The standard InChI is InChI=1S/C31H33NO7/c1-7-38-26-17-20(8-15-25(26)37-6)28-27(29(33)21-9-14-24(19(4)16-21)39-18(2)3)30(34)31(35)32(28)22-10-12-23(36-5)13-11-22/h8-18,28,33H,7H2,1-6H3/b29-27-. The van der Waals surface area contributed by atoms with Crippen molar-refractivity contribution >= 4 is 23.1 Å². The first kappa shape index (κ1) is 27.6. The molecule has 8 heteroatoms. The van der Waals surface area contributed by atoms with Gasteiger partial charge < -0.3 is 24.1 Å². The summed E-state index contributed by atoms with van der Waals surface area (Å²) in [5.74, 6) is 0.436. The number of ketones is 1. The van der Waals surface area contributed by atoms with Crippen LogP contribution in [-0.2, 0) is 9.59 Å². The van der Waals surface area contributed by atoms with Crippen LogP contribution in [0, 0.1) is 6.92 Å². The number of amides is 1. The first-order valence-corrected chi connectivity index (χ1v) is 12.7. The van der Waals surface area contributed by atoms with Gasteiger partial charge in [0.1, 0.15) is 17.3 Å². The Kier molecular flexibility index (Phi) is 8.14. The Morgan fingerprint density at radius 1 is 0.923 bits per heavy atom. The fourth-order valence-electron chi connectivity index (χ4n) is 4.63. The van der Waals surface area contributed by atoms with Gasteiger partial charge in [-0.15, -0.1) is 0 Å². The average Bonchev–Trinajstić information content (AvgIpc) is 3.19. The van der Waals surface area contributed by atoms with Crippen molar-refractivity contribution in [3.05, 3.63) is 82.9 Å². The number of benzene rings is 3. The van der Waals surface area contributed by atoms with Gasteiger partial charge in [-0.05, 0) is 93.4 Å². The van der Waals surface area contributed by atoms with Crippen LogP contribution >= 0.6 is 0 Å². The van der Waals surface area contributed by atoms with E-state index in [1.165, 1.54) is 12.0 Å². The summed E-state index contributed by atoms with van der Waals surface area (Å²) in [5, 5.41) is 11.5. The van der Waals surface area contributed by atoms with E-state index in [9.17, 15) is 14.7 Å². The normalized spacial score (nSPS) is 16.5. The zero-order chi connectivity index (χ0) is 28.3. The van der Waals surface area contributed by atoms with Gasteiger partial charge in [0.25, 0.3) is 11.7 Å². The molecule has 1 fully saturated rings. The summed E-state index contributed by atoms with van der Waals surface area (Å²) >= 11 is 0. The molecule has 1 unspecified atom stereocenters. The van der Waals surface area contributed by atoms with Crippen molar-refractivity contribution in [1.29, 1.82) is 0 Å². The Morgan fingerprint density at radius 2 is 1.62 bits per heavy atom. The summed E-state index contributed by atoms with van der Waals surface area (Å²) in [6.45, 7) is 7.96.